The quantitative estimate of drug-likeness (QED) is 0.263. The van der Waals surface area contributed by atoms with Crippen LogP contribution in [0.15, 0.2) is 47.6 Å². The second-order valence-corrected chi connectivity index (χ2v) is 8.26. The third kappa shape index (κ3) is 4.60. The van der Waals surface area contributed by atoms with Gasteiger partial charge < -0.3 is 14.9 Å². The van der Waals surface area contributed by atoms with E-state index in [9.17, 15) is 19.8 Å². The molecule has 0 spiro atoms. The van der Waals surface area contributed by atoms with E-state index in [1.54, 1.807) is 35.2 Å². The topological polar surface area (TPSA) is 132 Å². The fourth-order valence-electron chi connectivity index (χ4n) is 3.68. The molecule has 0 aliphatic carbocycles. The van der Waals surface area contributed by atoms with E-state index in [1.165, 1.54) is 16.2 Å². The zero-order chi connectivity index (χ0) is 24.2. The van der Waals surface area contributed by atoms with Gasteiger partial charge in [0.25, 0.3) is 0 Å². The van der Waals surface area contributed by atoms with Crippen molar-refractivity contribution in [1.82, 2.24) is 23.9 Å². The summed E-state index contributed by atoms with van der Waals surface area (Å²) >= 11 is 1.30. The molecule has 10 nitrogen and oxygen atoms in total. The van der Waals surface area contributed by atoms with E-state index in [-0.39, 0.29) is 23.9 Å². The third-order valence-corrected chi connectivity index (χ3v) is 5.88. The summed E-state index contributed by atoms with van der Waals surface area (Å²) in [7, 11) is 0. The minimum Gasteiger partial charge on any atom is -0.476 e. The molecule has 3 aromatic heterocycles. The number of benzene rings is 1. The Hall–Kier alpha value is -3.86. The van der Waals surface area contributed by atoms with Gasteiger partial charge in [0.1, 0.15) is 11.5 Å². The van der Waals surface area contributed by atoms with Gasteiger partial charge in [0.05, 0.1) is 12.2 Å². The van der Waals surface area contributed by atoms with Crippen LogP contribution in [0.3, 0.4) is 0 Å². The molecule has 0 unspecified atom stereocenters. The molecule has 4 aromatic rings. The molecule has 0 saturated carbocycles. The number of nitrogens with zero attached hydrogens (tertiary/aromatic N) is 5. The van der Waals surface area contributed by atoms with Gasteiger partial charge in [-0.1, -0.05) is 43.7 Å². The first-order valence-electron chi connectivity index (χ1n) is 10.6. The zero-order valence-corrected chi connectivity index (χ0v) is 19.4. The average molecular weight is 482 g/mol. The maximum absolute atomic E-state index is 12.0. The van der Waals surface area contributed by atoms with Gasteiger partial charge in [0, 0.05) is 18.2 Å². The van der Waals surface area contributed by atoms with E-state index in [0.717, 1.165) is 12.8 Å². The Labute approximate surface area is 199 Å². The van der Waals surface area contributed by atoms with Crippen LogP contribution in [0, 0.1) is 0 Å². The predicted octanol–water partition coefficient (Wildman–Crippen LogP) is 4.46. The van der Waals surface area contributed by atoms with E-state index in [1.807, 2.05) is 18.2 Å². The summed E-state index contributed by atoms with van der Waals surface area (Å²) in [5, 5.41) is 19.5. The molecule has 0 saturated heterocycles. The molecule has 34 heavy (non-hydrogen) atoms. The van der Waals surface area contributed by atoms with Crippen molar-refractivity contribution >= 4 is 29.7 Å². The Balaban J connectivity index is 1.79. The molecule has 0 fully saturated rings. The summed E-state index contributed by atoms with van der Waals surface area (Å²) in [6, 6.07) is 10.7. The number of carboxylic acid groups (broad SMARTS) is 2. The van der Waals surface area contributed by atoms with E-state index >= 15 is 0 Å². The van der Waals surface area contributed by atoms with Crippen LogP contribution in [-0.4, -0.2) is 52.5 Å². The van der Waals surface area contributed by atoms with Crippen LogP contribution in [0.2, 0.25) is 0 Å². The first-order chi connectivity index (χ1) is 16.4. The van der Waals surface area contributed by atoms with Gasteiger partial charge in [-0.25, -0.2) is 24.5 Å². The highest BCUT2D eigenvalue weighted by atomic mass is 32.2. The second kappa shape index (κ2) is 9.96. The monoisotopic (exact) mass is 481 g/mol. The number of aryl methyl sites for hydroxylation is 1. The molecular formula is C23H23N5O5S. The van der Waals surface area contributed by atoms with Gasteiger partial charge >= 0.3 is 12.1 Å². The smallest absolute Gasteiger partial charge is 0.476 e. The van der Waals surface area contributed by atoms with Gasteiger partial charge in [-0.3, -0.25) is 8.97 Å². The molecule has 176 valence electrons. The van der Waals surface area contributed by atoms with Crippen LogP contribution in [0.5, 0.6) is 5.88 Å². The fourth-order valence-corrected chi connectivity index (χ4v) is 4.20. The van der Waals surface area contributed by atoms with Gasteiger partial charge in [-0.2, -0.15) is 0 Å². The molecule has 0 bridgehead atoms. The molecule has 2 N–H and O–H groups in total. The number of aromatic nitrogens is 5. The minimum absolute atomic E-state index is 0.0195. The van der Waals surface area contributed by atoms with Crippen LogP contribution in [0.1, 0.15) is 41.8 Å². The van der Waals surface area contributed by atoms with Crippen LogP contribution >= 0.6 is 11.8 Å². The van der Waals surface area contributed by atoms with E-state index in [2.05, 4.69) is 21.9 Å². The van der Waals surface area contributed by atoms with Crippen molar-refractivity contribution in [2.75, 3.05) is 6.26 Å². The Morgan fingerprint density at radius 1 is 1.09 bits per heavy atom. The number of carbonyl (C=O) groups is 2. The fraction of sp³-hybridized carbons (Fsp3) is 0.261. The molecule has 3 heterocycles. The lowest BCUT2D eigenvalue weighted by Gasteiger charge is -2.11. The zero-order valence-electron chi connectivity index (χ0n) is 18.6. The van der Waals surface area contributed by atoms with Crippen molar-refractivity contribution < 1.29 is 24.5 Å². The molecule has 11 heteroatoms. The number of rotatable bonds is 9. The number of imidazole rings is 2. The van der Waals surface area contributed by atoms with Crippen molar-refractivity contribution in [2.45, 2.75) is 37.8 Å². The summed E-state index contributed by atoms with van der Waals surface area (Å²) in [6.45, 7) is 2.26. The Kier molecular flexibility index (Phi) is 6.82. The normalized spacial score (nSPS) is 11.1. The van der Waals surface area contributed by atoms with Gasteiger partial charge in [0.2, 0.25) is 11.7 Å². The Morgan fingerprint density at radius 3 is 2.50 bits per heavy atom. The maximum Gasteiger partial charge on any atom is 0.512 e. The molecular weight excluding hydrogens is 458 g/mol. The van der Waals surface area contributed by atoms with Crippen LogP contribution in [0.4, 0.5) is 4.79 Å². The van der Waals surface area contributed by atoms with Crippen molar-refractivity contribution in [3.63, 3.8) is 0 Å². The molecule has 0 atom stereocenters. The predicted molar refractivity (Wildman–Crippen MR) is 126 cm³/mol. The lowest BCUT2D eigenvalue weighted by Crippen LogP contribution is -2.13. The van der Waals surface area contributed by atoms with Crippen molar-refractivity contribution in [2.24, 2.45) is 0 Å². The largest absolute Gasteiger partial charge is 0.512 e. The van der Waals surface area contributed by atoms with Crippen molar-refractivity contribution in [1.29, 1.82) is 0 Å². The summed E-state index contributed by atoms with van der Waals surface area (Å²) in [4.78, 5) is 36.9. The van der Waals surface area contributed by atoms with E-state index in [4.69, 9.17) is 4.74 Å². The molecule has 0 aliphatic heterocycles. The maximum atomic E-state index is 12.0. The van der Waals surface area contributed by atoms with Crippen molar-refractivity contribution in [3.05, 3.63) is 59.8 Å². The number of hydrogen-bond donors (Lipinski definition) is 2. The number of thioether (sulfide) groups is 1. The first kappa shape index (κ1) is 23.3. The standard InChI is InChI=1S/C23H23N5O5S/c1-3-4-10-16-25-19(34-2)20(33-23(31)32)28(16)13-15-11-12-27-18(21(29)30)17(26-22(27)24-15)14-8-6-5-7-9-14/h5-9,11-12H,3-4,10,13H2,1-2H3,(H,29,30)(H,31,32). The summed E-state index contributed by atoms with van der Waals surface area (Å²) < 4.78 is 8.20. The number of fused-ring (bicyclic) bond motifs is 1. The average Bonchev–Trinajstić information content (AvgIpc) is 3.36. The molecule has 1 aromatic carbocycles. The van der Waals surface area contributed by atoms with Gasteiger partial charge in [0.15, 0.2) is 10.7 Å². The Bertz CT molecular complexity index is 1350. The second-order valence-electron chi connectivity index (χ2n) is 7.47. The minimum atomic E-state index is -1.42. The molecule has 0 aliphatic rings. The van der Waals surface area contributed by atoms with Crippen LogP contribution < -0.4 is 4.74 Å². The highest BCUT2D eigenvalue weighted by Gasteiger charge is 2.23. The third-order valence-electron chi connectivity index (χ3n) is 5.22. The summed E-state index contributed by atoms with van der Waals surface area (Å²) in [6.07, 6.45) is 4.48. The Morgan fingerprint density at radius 2 is 1.85 bits per heavy atom. The van der Waals surface area contributed by atoms with E-state index < -0.39 is 12.1 Å². The van der Waals surface area contributed by atoms with Gasteiger partial charge in [-0.15, -0.1) is 11.8 Å². The lowest BCUT2D eigenvalue weighted by molar-refractivity contribution is 0.0690. The summed E-state index contributed by atoms with van der Waals surface area (Å²) in [5.41, 5.74) is 1.58. The molecule has 4 rings (SSSR count). The first-order valence-corrected chi connectivity index (χ1v) is 11.9. The highest BCUT2D eigenvalue weighted by molar-refractivity contribution is 7.98. The number of ether oxygens (including phenoxy) is 1. The number of hydrogen-bond acceptors (Lipinski definition) is 7. The number of unbranched alkanes of at least 4 members (excludes halogenated alkanes) is 1. The molecule has 0 radical (unpaired) electrons. The SMILES string of the molecule is CCCCc1nc(SC)c(OC(=O)O)n1Cc1ccn2c(C(=O)O)c(-c3ccccc3)nc2n1. The van der Waals surface area contributed by atoms with Crippen LogP contribution in [0.25, 0.3) is 17.0 Å². The molecule has 0 amide bonds. The number of aromatic carboxylic acids is 1. The summed E-state index contributed by atoms with van der Waals surface area (Å²) in [5.74, 6) is -0.0372. The van der Waals surface area contributed by atoms with Crippen LogP contribution in [-0.2, 0) is 13.0 Å². The number of carboxylic acids is 1. The highest BCUT2D eigenvalue weighted by Crippen LogP contribution is 2.31. The van der Waals surface area contributed by atoms with Crippen molar-refractivity contribution in [3.8, 4) is 17.1 Å². The lowest BCUT2D eigenvalue weighted by atomic mass is 10.1. The van der Waals surface area contributed by atoms with E-state index in [0.29, 0.717) is 34.2 Å². The van der Waals surface area contributed by atoms with Gasteiger partial charge in [-0.05, 0) is 18.7 Å².